The second-order valence-corrected chi connectivity index (χ2v) is 3.74. The average molecular weight is 241 g/mol. The quantitative estimate of drug-likeness (QED) is 0.463. The van der Waals surface area contributed by atoms with Gasteiger partial charge in [-0.1, -0.05) is 17.3 Å². The second-order valence-electron chi connectivity index (χ2n) is 3.43. The summed E-state index contributed by atoms with van der Waals surface area (Å²) in [4.78, 5) is 15.2. The molecule has 1 aliphatic rings. The van der Waals surface area contributed by atoms with Crippen molar-refractivity contribution < 1.29 is 9.76 Å². The molecule has 0 radical (unpaired) electrons. The summed E-state index contributed by atoms with van der Waals surface area (Å²) in [5.74, 6) is 0.363. The lowest BCUT2D eigenvalue weighted by Crippen LogP contribution is -2.09. The summed E-state index contributed by atoms with van der Waals surface area (Å²) in [5, 5.41) is 14.5. The molecule has 0 saturated heterocycles. The summed E-state index contributed by atoms with van der Waals surface area (Å²) >= 11 is 5.64. The van der Waals surface area contributed by atoms with Crippen LogP contribution >= 0.6 is 11.6 Å². The molecule has 0 amide bonds. The van der Waals surface area contributed by atoms with E-state index in [0.717, 1.165) is 0 Å². The SMILES string of the molecule is O=[N+]([O-])c1cccc(C2=NO[C@H](CCl)C2)c1. The Hall–Kier alpha value is -1.62. The van der Waals surface area contributed by atoms with Gasteiger partial charge >= 0.3 is 0 Å². The van der Waals surface area contributed by atoms with Crippen LogP contribution in [0.4, 0.5) is 5.69 Å². The summed E-state index contributed by atoms with van der Waals surface area (Å²) in [6, 6.07) is 6.33. The number of oxime groups is 1. The molecule has 0 aliphatic carbocycles. The van der Waals surface area contributed by atoms with Crippen molar-refractivity contribution in [2.75, 3.05) is 5.88 Å². The van der Waals surface area contributed by atoms with Gasteiger partial charge in [0.25, 0.3) is 5.69 Å². The van der Waals surface area contributed by atoms with Crippen molar-refractivity contribution in [1.29, 1.82) is 0 Å². The van der Waals surface area contributed by atoms with Crippen molar-refractivity contribution in [3.63, 3.8) is 0 Å². The smallest absolute Gasteiger partial charge is 0.270 e. The molecule has 0 unspecified atom stereocenters. The minimum absolute atomic E-state index is 0.0505. The van der Waals surface area contributed by atoms with Crippen molar-refractivity contribution in [2.45, 2.75) is 12.5 Å². The fourth-order valence-electron chi connectivity index (χ4n) is 1.48. The normalized spacial score (nSPS) is 19.1. The molecule has 0 N–H and O–H groups in total. The van der Waals surface area contributed by atoms with E-state index < -0.39 is 4.92 Å². The minimum atomic E-state index is -0.432. The van der Waals surface area contributed by atoms with E-state index >= 15 is 0 Å². The third-order valence-corrected chi connectivity index (χ3v) is 2.64. The van der Waals surface area contributed by atoms with E-state index in [1.807, 2.05) is 0 Å². The second kappa shape index (κ2) is 4.49. The maximum absolute atomic E-state index is 10.6. The number of nitro groups is 1. The largest absolute Gasteiger partial charge is 0.391 e. The molecule has 1 aromatic carbocycles. The van der Waals surface area contributed by atoms with Crippen LogP contribution in [0.25, 0.3) is 0 Å². The van der Waals surface area contributed by atoms with Crippen molar-refractivity contribution in [3.05, 3.63) is 39.9 Å². The Balaban J connectivity index is 2.22. The van der Waals surface area contributed by atoms with Crippen LogP contribution in [0.1, 0.15) is 12.0 Å². The van der Waals surface area contributed by atoms with Crippen molar-refractivity contribution >= 4 is 23.0 Å². The van der Waals surface area contributed by atoms with Gasteiger partial charge in [-0.15, -0.1) is 11.6 Å². The number of nitro benzene ring substituents is 1. The molecule has 16 heavy (non-hydrogen) atoms. The van der Waals surface area contributed by atoms with Gasteiger partial charge in [-0.3, -0.25) is 10.1 Å². The molecule has 0 saturated carbocycles. The highest BCUT2D eigenvalue weighted by Gasteiger charge is 2.22. The fourth-order valence-corrected chi connectivity index (χ4v) is 1.65. The lowest BCUT2D eigenvalue weighted by atomic mass is 10.1. The summed E-state index contributed by atoms with van der Waals surface area (Å²) in [5.41, 5.74) is 1.46. The molecule has 0 fully saturated rings. The van der Waals surface area contributed by atoms with Gasteiger partial charge in [-0.05, 0) is 0 Å². The average Bonchev–Trinajstić information content (AvgIpc) is 2.77. The summed E-state index contributed by atoms with van der Waals surface area (Å²) in [6.45, 7) is 0. The lowest BCUT2D eigenvalue weighted by Gasteiger charge is -2.01. The summed E-state index contributed by atoms with van der Waals surface area (Å²) in [6.07, 6.45) is 0.459. The number of nitrogens with zero attached hydrogens (tertiary/aromatic N) is 2. The molecular formula is C10H9ClN2O3. The Morgan fingerprint density at radius 2 is 2.44 bits per heavy atom. The first-order chi connectivity index (χ1) is 7.70. The zero-order chi connectivity index (χ0) is 11.5. The standard InChI is InChI=1S/C10H9ClN2O3/c11-6-9-5-10(12-16-9)7-2-1-3-8(4-7)13(14)15/h1-4,9H,5-6H2/t9-/m0/s1. The number of rotatable bonds is 3. The molecule has 1 heterocycles. The summed E-state index contributed by atoms with van der Waals surface area (Å²) < 4.78 is 0. The zero-order valence-electron chi connectivity index (χ0n) is 8.30. The van der Waals surface area contributed by atoms with Crippen molar-refractivity contribution in [1.82, 2.24) is 0 Å². The first-order valence-corrected chi connectivity index (χ1v) is 5.27. The van der Waals surface area contributed by atoms with Crippen LogP contribution < -0.4 is 0 Å². The lowest BCUT2D eigenvalue weighted by molar-refractivity contribution is -0.384. The Kier molecular flexibility index (Phi) is 3.05. The molecule has 0 bridgehead atoms. The van der Waals surface area contributed by atoms with E-state index in [4.69, 9.17) is 16.4 Å². The monoisotopic (exact) mass is 240 g/mol. The zero-order valence-corrected chi connectivity index (χ0v) is 9.05. The Morgan fingerprint density at radius 3 is 3.06 bits per heavy atom. The third kappa shape index (κ3) is 2.14. The highest BCUT2D eigenvalue weighted by atomic mass is 35.5. The van der Waals surface area contributed by atoms with Gasteiger partial charge in [-0.25, -0.2) is 0 Å². The Morgan fingerprint density at radius 1 is 1.62 bits per heavy atom. The van der Waals surface area contributed by atoms with E-state index in [-0.39, 0.29) is 11.8 Å². The first kappa shape index (κ1) is 10.9. The van der Waals surface area contributed by atoms with Gasteiger partial charge in [0.05, 0.1) is 16.5 Å². The Bertz CT molecular complexity index is 447. The number of hydrogen-bond donors (Lipinski definition) is 0. The van der Waals surface area contributed by atoms with Crippen LogP contribution in [0.3, 0.4) is 0 Å². The predicted octanol–water partition coefficient (Wildman–Crippen LogP) is 2.33. The van der Waals surface area contributed by atoms with Gasteiger partial charge < -0.3 is 4.84 Å². The van der Waals surface area contributed by atoms with Gasteiger partial charge in [0.15, 0.2) is 0 Å². The molecule has 2 rings (SSSR count). The van der Waals surface area contributed by atoms with E-state index in [1.165, 1.54) is 12.1 Å². The number of benzene rings is 1. The molecule has 1 aliphatic heterocycles. The molecular weight excluding hydrogens is 232 g/mol. The number of non-ortho nitro benzene ring substituents is 1. The van der Waals surface area contributed by atoms with Crippen LogP contribution in [0.5, 0.6) is 0 Å². The number of halogens is 1. The van der Waals surface area contributed by atoms with Crippen LogP contribution in [-0.4, -0.2) is 22.6 Å². The molecule has 5 nitrogen and oxygen atoms in total. The van der Waals surface area contributed by atoms with E-state index in [1.54, 1.807) is 12.1 Å². The van der Waals surface area contributed by atoms with Crippen LogP contribution in [0.2, 0.25) is 0 Å². The van der Waals surface area contributed by atoms with E-state index in [0.29, 0.717) is 23.6 Å². The highest BCUT2D eigenvalue weighted by molar-refractivity contribution is 6.18. The topological polar surface area (TPSA) is 64.7 Å². The Labute approximate surface area is 96.8 Å². The number of alkyl halides is 1. The van der Waals surface area contributed by atoms with Crippen molar-refractivity contribution in [3.8, 4) is 0 Å². The van der Waals surface area contributed by atoms with Crippen LogP contribution in [-0.2, 0) is 4.84 Å². The van der Waals surface area contributed by atoms with Crippen LogP contribution in [0.15, 0.2) is 29.4 Å². The van der Waals surface area contributed by atoms with Gasteiger partial charge in [0.1, 0.15) is 6.10 Å². The van der Waals surface area contributed by atoms with Gasteiger partial charge in [-0.2, -0.15) is 0 Å². The van der Waals surface area contributed by atoms with Gasteiger partial charge in [0.2, 0.25) is 0 Å². The molecule has 1 aromatic rings. The fraction of sp³-hybridized carbons (Fsp3) is 0.300. The maximum Gasteiger partial charge on any atom is 0.270 e. The van der Waals surface area contributed by atoms with Crippen molar-refractivity contribution in [2.24, 2.45) is 5.16 Å². The molecule has 1 atom stereocenters. The van der Waals surface area contributed by atoms with Gasteiger partial charge in [0, 0.05) is 24.1 Å². The first-order valence-electron chi connectivity index (χ1n) is 4.74. The molecule has 0 spiro atoms. The van der Waals surface area contributed by atoms with E-state index in [2.05, 4.69) is 5.16 Å². The molecule has 84 valence electrons. The minimum Gasteiger partial charge on any atom is -0.391 e. The predicted molar refractivity (Wildman–Crippen MR) is 59.8 cm³/mol. The van der Waals surface area contributed by atoms with E-state index in [9.17, 15) is 10.1 Å². The highest BCUT2D eigenvalue weighted by Crippen LogP contribution is 2.20. The molecule has 0 aromatic heterocycles. The summed E-state index contributed by atoms with van der Waals surface area (Å²) in [7, 11) is 0. The molecule has 6 heteroatoms. The van der Waals surface area contributed by atoms with Crippen LogP contribution in [0, 0.1) is 10.1 Å². The maximum atomic E-state index is 10.6. The third-order valence-electron chi connectivity index (χ3n) is 2.30. The number of hydrogen-bond acceptors (Lipinski definition) is 4.